The van der Waals surface area contributed by atoms with Gasteiger partial charge in [-0.2, -0.15) is 0 Å². The first-order valence-electron chi connectivity index (χ1n) is 8.15. The molecule has 6 nitrogen and oxygen atoms in total. The predicted octanol–water partition coefficient (Wildman–Crippen LogP) is 3.87. The van der Waals surface area contributed by atoms with E-state index in [1.165, 1.54) is 29.5 Å². The number of hydrogen-bond acceptors (Lipinski definition) is 6. The van der Waals surface area contributed by atoms with Gasteiger partial charge in [0, 0.05) is 6.08 Å². The van der Waals surface area contributed by atoms with Crippen LogP contribution >= 0.6 is 11.3 Å². The van der Waals surface area contributed by atoms with Crippen LogP contribution in [0.4, 0.5) is 9.52 Å². The third kappa shape index (κ3) is 3.70. The predicted molar refractivity (Wildman–Crippen MR) is 101 cm³/mol. The molecule has 3 aromatic rings. The molecule has 1 amide bonds. The molecule has 1 aliphatic rings. The second kappa shape index (κ2) is 7.24. The molecule has 0 saturated carbocycles. The number of carbonyl (C=O) groups excluding carboxylic acids is 1. The Hall–Kier alpha value is -3.13. The Bertz CT molecular complexity index is 1030. The minimum atomic E-state index is -0.344. The molecule has 8 heteroatoms. The molecule has 1 aromatic heterocycles. The maximum absolute atomic E-state index is 13.2. The molecule has 138 valence electrons. The van der Waals surface area contributed by atoms with Gasteiger partial charge in [0.25, 0.3) is 0 Å². The molecule has 0 spiro atoms. The van der Waals surface area contributed by atoms with Crippen LogP contribution in [-0.4, -0.2) is 31.2 Å². The van der Waals surface area contributed by atoms with E-state index in [1.807, 2.05) is 0 Å². The van der Waals surface area contributed by atoms with Crippen molar-refractivity contribution in [1.29, 1.82) is 0 Å². The molecule has 0 aliphatic carbocycles. The van der Waals surface area contributed by atoms with Gasteiger partial charge in [0.2, 0.25) is 11.7 Å². The van der Waals surface area contributed by atoms with Crippen LogP contribution in [0.5, 0.6) is 17.2 Å². The molecule has 1 aliphatic heterocycles. The summed E-state index contributed by atoms with van der Waals surface area (Å²) in [6, 6.07) is 7.84. The Labute approximate surface area is 158 Å². The summed E-state index contributed by atoms with van der Waals surface area (Å²) in [5.41, 5.74) is 1.37. The van der Waals surface area contributed by atoms with Crippen LogP contribution in [0.2, 0.25) is 0 Å². The van der Waals surface area contributed by atoms with E-state index in [0.717, 1.165) is 5.56 Å². The highest BCUT2D eigenvalue weighted by Gasteiger charge is 2.17. The molecular weight excluding hydrogens is 371 g/mol. The molecule has 0 unspecified atom stereocenters. The Morgan fingerprint density at radius 1 is 1.30 bits per heavy atom. The number of aromatic nitrogens is 1. The first kappa shape index (κ1) is 17.3. The minimum absolute atomic E-state index is 0.337. The zero-order chi connectivity index (χ0) is 18.8. The van der Waals surface area contributed by atoms with Gasteiger partial charge in [-0.25, -0.2) is 9.37 Å². The van der Waals surface area contributed by atoms with E-state index in [2.05, 4.69) is 10.3 Å². The smallest absolute Gasteiger partial charge is 0.250 e. The van der Waals surface area contributed by atoms with Crippen molar-refractivity contribution in [3.8, 4) is 17.2 Å². The van der Waals surface area contributed by atoms with Crippen LogP contribution in [0.3, 0.4) is 0 Å². The molecule has 2 heterocycles. The van der Waals surface area contributed by atoms with Crippen molar-refractivity contribution in [1.82, 2.24) is 4.98 Å². The van der Waals surface area contributed by atoms with Gasteiger partial charge < -0.3 is 14.2 Å². The van der Waals surface area contributed by atoms with Crippen molar-refractivity contribution in [3.05, 3.63) is 47.8 Å². The number of hydrogen-bond donors (Lipinski definition) is 1. The second-order valence-corrected chi connectivity index (χ2v) is 6.73. The van der Waals surface area contributed by atoms with Gasteiger partial charge in [-0.3, -0.25) is 10.1 Å². The van der Waals surface area contributed by atoms with Gasteiger partial charge in [-0.15, -0.1) is 0 Å². The fraction of sp³-hybridized carbons (Fsp3) is 0.158. The summed E-state index contributed by atoms with van der Waals surface area (Å²) in [6.07, 6.45) is 3.03. The third-order valence-electron chi connectivity index (χ3n) is 3.86. The SMILES string of the molecule is COc1cc(/C=C/C(=O)Nc2nc3ccc(F)cc3s2)cc2c1OCCO2. The van der Waals surface area contributed by atoms with Crippen molar-refractivity contribution in [3.63, 3.8) is 0 Å². The lowest BCUT2D eigenvalue weighted by Gasteiger charge is -2.20. The fourth-order valence-corrected chi connectivity index (χ4v) is 3.55. The molecule has 1 N–H and O–H groups in total. The molecule has 4 rings (SSSR count). The normalized spacial score (nSPS) is 13.1. The van der Waals surface area contributed by atoms with E-state index >= 15 is 0 Å². The van der Waals surface area contributed by atoms with Crippen molar-refractivity contribution in [2.24, 2.45) is 0 Å². The molecule has 0 bridgehead atoms. The number of amides is 1. The summed E-state index contributed by atoms with van der Waals surface area (Å²) >= 11 is 1.21. The van der Waals surface area contributed by atoms with Gasteiger partial charge in [-0.05, 0) is 42.0 Å². The van der Waals surface area contributed by atoms with E-state index in [1.54, 1.807) is 31.4 Å². The van der Waals surface area contributed by atoms with Crippen LogP contribution in [0.25, 0.3) is 16.3 Å². The molecule has 0 fully saturated rings. The first-order valence-corrected chi connectivity index (χ1v) is 8.97. The Morgan fingerprint density at radius 2 is 2.15 bits per heavy atom. The average Bonchev–Trinajstić information content (AvgIpc) is 3.06. The molecule has 0 atom stereocenters. The average molecular weight is 386 g/mol. The van der Waals surface area contributed by atoms with Gasteiger partial charge in [0.15, 0.2) is 16.6 Å². The largest absolute Gasteiger partial charge is 0.493 e. The Kier molecular flexibility index (Phi) is 4.64. The summed E-state index contributed by atoms with van der Waals surface area (Å²) in [6.45, 7) is 0.926. The highest BCUT2D eigenvalue weighted by Crippen LogP contribution is 2.40. The number of rotatable bonds is 4. The summed E-state index contributed by atoms with van der Waals surface area (Å²) in [4.78, 5) is 16.4. The number of nitrogens with one attached hydrogen (secondary N) is 1. The lowest BCUT2D eigenvalue weighted by Crippen LogP contribution is -2.16. The highest BCUT2D eigenvalue weighted by molar-refractivity contribution is 7.22. The molecule has 27 heavy (non-hydrogen) atoms. The van der Waals surface area contributed by atoms with E-state index < -0.39 is 0 Å². The number of carbonyl (C=O) groups is 1. The van der Waals surface area contributed by atoms with Crippen LogP contribution in [-0.2, 0) is 4.79 Å². The summed E-state index contributed by atoms with van der Waals surface area (Å²) in [7, 11) is 1.55. The number of thiazole rings is 1. The monoisotopic (exact) mass is 386 g/mol. The van der Waals surface area contributed by atoms with E-state index in [4.69, 9.17) is 14.2 Å². The number of fused-ring (bicyclic) bond motifs is 2. The van der Waals surface area contributed by atoms with Crippen LogP contribution < -0.4 is 19.5 Å². The topological polar surface area (TPSA) is 69.7 Å². The zero-order valence-corrected chi connectivity index (χ0v) is 15.1. The van der Waals surface area contributed by atoms with Crippen molar-refractivity contribution in [2.75, 3.05) is 25.6 Å². The summed E-state index contributed by atoms with van der Waals surface area (Å²) in [5.74, 6) is 1.00. The lowest BCUT2D eigenvalue weighted by molar-refractivity contribution is -0.111. The third-order valence-corrected chi connectivity index (χ3v) is 4.79. The van der Waals surface area contributed by atoms with Crippen molar-refractivity contribution < 1.29 is 23.4 Å². The van der Waals surface area contributed by atoms with E-state index in [0.29, 0.717) is 45.8 Å². The zero-order valence-electron chi connectivity index (χ0n) is 14.3. The van der Waals surface area contributed by atoms with Crippen LogP contribution in [0.1, 0.15) is 5.56 Å². The summed E-state index contributed by atoms with van der Waals surface area (Å²) in [5, 5.41) is 3.09. The molecule has 0 saturated heterocycles. The van der Waals surface area contributed by atoms with Crippen molar-refractivity contribution >= 4 is 38.7 Å². The fourth-order valence-electron chi connectivity index (χ4n) is 2.66. The Balaban J connectivity index is 1.51. The number of nitrogens with zero attached hydrogens (tertiary/aromatic N) is 1. The molecule has 0 radical (unpaired) electrons. The molecular formula is C19H15FN2O4S. The number of halogens is 1. The van der Waals surface area contributed by atoms with Gasteiger partial charge in [0.05, 0.1) is 17.3 Å². The second-order valence-electron chi connectivity index (χ2n) is 5.70. The van der Waals surface area contributed by atoms with Crippen molar-refractivity contribution in [2.45, 2.75) is 0 Å². The summed E-state index contributed by atoms with van der Waals surface area (Å²) < 4.78 is 30.4. The highest BCUT2D eigenvalue weighted by atomic mass is 32.1. The number of anilines is 1. The van der Waals surface area contributed by atoms with Crippen LogP contribution in [0.15, 0.2) is 36.4 Å². The number of methoxy groups -OCH3 is 1. The van der Waals surface area contributed by atoms with Crippen LogP contribution in [0, 0.1) is 5.82 Å². The van der Waals surface area contributed by atoms with Gasteiger partial charge >= 0.3 is 0 Å². The number of ether oxygens (including phenoxy) is 3. The standard InChI is InChI=1S/C19H15FN2O4S/c1-24-14-8-11(9-15-18(14)26-7-6-25-15)2-5-17(23)22-19-21-13-4-3-12(20)10-16(13)27-19/h2-5,8-10H,6-7H2,1H3,(H,21,22,23)/b5-2+. The maximum atomic E-state index is 13.2. The first-order chi connectivity index (χ1) is 13.1. The van der Waals surface area contributed by atoms with E-state index in [-0.39, 0.29) is 11.7 Å². The minimum Gasteiger partial charge on any atom is -0.493 e. The van der Waals surface area contributed by atoms with E-state index in [9.17, 15) is 9.18 Å². The lowest BCUT2D eigenvalue weighted by atomic mass is 10.1. The molecule has 2 aromatic carbocycles. The number of benzene rings is 2. The quantitative estimate of drug-likeness (QED) is 0.690. The Morgan fingerprint density at radius 3 is 3.00 bits per heavy atom. The van der Waals surface area contributed by atoms with Gasteiger partial charge in [-0.1, -0.05) is 11.3 Å². The maximum Gasteiger partial charge on any atom is 0.250 e. The van der Waals surface area contributed by atoms with Gasteiger partial charge in [0.1, 0.15) is 19.0 Å².